The number of amides is 2. The van der Waals surface area contributed by atoms with Crippen molar-refractivity contribution in [2.75, 3.05) is 17.7 Å². The molecule has 0 radical (unpaired) electrons. The predicted octanol–water partition coefficient (Wildman–Crippen LogP) is 4.76. The minimum atomic E-state index is -2.65. The van der Waals surface area contributed by atoms with E-state index in [0.29, 0.717) is 29.9 Å². The Morgan fingerprint density at radius 2 is 1.67 bits per heavy atom. The topological polar surface area (TPSA) is 125 Å². The first-order valence-electron chi connectivity index (χ1n) is 15.1. The second-order valence-corrected chi connectivity index (χ2v) is 16.6. The number of carbonyl (C=O) groups is 2. The molecule has 1 saturated heterocycles. The summed E-state index contributed by atoms with van der Waals surface area (Å²) in [5, 5.41) is 13.0. The average molecular weight is 602 g/mol. The van der Waals surface area contributed by atoms with Crippen molar-refractivity contribution in [3.8, 4) is 0 Å². The van der Waals surface area contributed by atoms with E-state index in [2.05, 4.69) is 18.3 Å². The first-order valence-corrected chi connectivity index (χ1v) is 18.2. The van der Waals surface area contributed by atoms with E-state index in [4.69, 9.17) is 10.5 Å². The molecule has 0 saturated carbocycles. The van der Waals surface area contributed by atoms with Crippen LogP contribution >= 0.6 is 0 Å². The van der Waals surface area contributed by atoms with E-state index in [1.165, 1.54) is 5.56 Å². The average Bonchev–Trinajstić information content (AvgIpc) is 3.30. The lowest BCUT2D eigenvalue weighted by atomic mass is 9.93. The first-order chi connectivity index (χ1) is 20.5. The van der Waals surface area contributed by atoms with Gasteiger partial charge in [-0.1, -0.05) is 43.3 Å². The van der Waals surface area contributed by atoms with Gasteiger partial charge in [0.25, 0.3) is 5.91 Å². The van der Waals surface area contributed by atoms with Gasteiger partial charge in [0.1, 0.15) is 0 Å². The Labute approximate surface area is 255 Å². The second kappa shape index (κ2) is 13.0. The fourth-order valence-electron chi connectivity index (χ4n) is 6.84. The summed E-state index contributed by atoms with van der Waals surface area (Å²) in [7, 11) is -2.65. The van der Waals surface area contributed by atoms with Crippen LogP contribution in [0.25, 0.3) is 0 Å². The van der Waals surface area contributed by atoms with Gasteiger partial charge in [-0.05, 0) is 91.4 Å². The lowest BCUT2D eigenvalue weighted by Crippen LogP contribution is -2.48. The summed E-state index contributed by atoms with van der Waals surface area (Å²) < 4.78 is 6.57. The fraction of sp³-hybridized carbons (Fsp3) is 0.412. The lowest BCUT2D eigenvalue weighted by molar-refractivity contribution is -0.138. The van der Waals surface area contributed by atoms with Crippen molar-refractivity contribution >= 4 is 31.5 Å². The molecule has 5 N–H and O–H groups in total. The van der Waals surface area contributed by atoms with E-state index in [1.54, 1.807) is 29.2 Å². The molecular formula is C34H43N3O5Si. The van der Waals surface area contributed by atoms with Crippen LogP contribution in [-0.2, 0) is 28.9 Å². The Kier molecular flexibility index (Phi) is 9.36. The normalized spacial score (nSPS) is 23.6. The number of hydrogen-bond acceptors (Lipinski definition) is 6. The summed E-state index contributed by atoms with van der Waals surface area (Å²) in [4.78, 5) is 39.2. The molecule has 0 aromatic heterocycles. The van der Waals surface area contributed by atoms with Crippen LogP contribution in [0.2, 0.25) is 18.6 Å². The number of nitrogens with two attached hydrogens (primary N) is 1. The predicted molar refractivity (Wildman–Crippen MR) is 171 cm³/mol. The molecule has 2 heterocycles. The molecule has 3 aromatic carbocycles. The first kappa shape index (κ1) is 30.9. The van der Waals surface area contributed by atoms with E-state index in [-0.39, 0.29) is 54.6 Å². The highest BCUT2D eigenvalue weighted by Gasteiger charge is 2.50. The molecule has 5 rings (SSSR count). The monoisotopic (exact) mass is 601 g/mol. The molecule has 0 bridgehead atoms. The number of aliphatic hydroxyl groups excluding tert-OH is 1. The number of carbonyl (C=O) groups excluding carboxylic acids is 2. The number of aryl methyl sites for hydroxylation is 1. The number of ether oxygens (including phenoxy) is 1. The number of anilines is 2. The van der Waals surface area contributed by atoms with Crippen molar-refractivity contribution in [3.05, 3.63) is 95.1 Å². The Balaban J connectivity index is 1.20. The highest BCUT2D eigenvalue weighted by Crippen LogP contribution is 2.46. The zero-order valence-electron chi connectivity index (χ0n) is 25.2. The molecule has 9 heteroatoms. The third kappa shape index (κ3) is 7.18. The van der Waals surface area contributed by atoms with E-state index in [0.717, 1.165) is 24.0 Å². The zero-order valence-corrected chi connectivity index (χ0v) is 26.2. The molecule has 1 fully saturated rings. The van der Waals surface area contributed by atoms with Crippen LogP contribution in [0.15, 0.2) is 72.8 Å². The SMILES string of the molecule is C[C@@H]1[C@@H]([Si](C)(C)O)[C@H](CC(=O)N2Cc3ccccc3C[C@H]2CO)O[C@@H]1CCc1ccc(NC(=O)c2ccc(N)cc2)cc1. The minimum Gasteiger partial charge on any atom is -0.432 e. The molecule has 0 unspecified atom stereocenters. The Morgan fingerprint density at radius 3 is 2.33 bits per heavy atom. The summed E-state index contributed by atoms with van der Waals surface area (Å²) in [6.07, 6.45) is 1.93. The standard InChI is InChI=1S/C34H43N3O5Si/c1-22-30(17-10-23-8-15-28(16-9-23)36-34(40)24-11-13-27(35)14-12-24)42-31(33(22)43(2,3)41)19-32(39)37-20-26-7-5-4-6-25(26)18-29(37)21-38/h4-9,11-16,22,29-31,33,38,41H,10,17-21,35H2,1-3H3,(H,36,40)/t22-,29-,30+,31-,33+/m0/s1. The molecule has 3 aromatic rings. The number of aliphatic hydroxyl groups is 1. The maximum absolute atomic E-state index is 13.6. The fourth-order valence-corrected chi connectivity index (χ4v) is 9.45. The molecule has 8 nitrogen and oxygen atoms in total. The Bertz CT molecular complexity index is 1420. The van der Waals surface area contributed by atoms with Gasteiger partial charge in [0.05, 0.1) is 31.3 Å². The molecule has 228 valence electrons. The van der Waals surface area contributed by atoms with Crippen LogP contribution in [0.1, 0.15) is 46.8 Å². The second-order valence-electron chi connectivity index (χ2n) is 12.6. The van der Waals surface area contributed by atoms with Crippen LogP contribution < -0.4 is 11.1 Å². The van der Waals surface area contributed by atoms with Crippen LogP contribution in [-0.4, -0.2) is 59.8 Å². The molecule has 0 spiro atoms. The van der Waals surface area contributed by atoms with Crippen molar-refractivity contribution in [1.82, 2.24) is 4.90 Å². The zero-order chi connectivity index (χ0) is 30.7. The van der Waals surface area contributed by atoms with Gasteiger partial charge in [-0.15, -0.1) is 0 Å². The molecular weight excluding hydrogens is 558 g/mol. The third-order valence-electron chi connectivity index (χ3n) is 9.08. The number of rotatable bonds is 9. The van der Waals surface area contributed by atoms with Crippen LogP contribution in [0.5, 0.6) is 0 Å². The van der Waals surface area contributed by atoms with Gasteiger partial charge in [-0.25, -0.2) is 0 Å². The minimum absolute atomic E-state index is 0.0359. The van der Waals surface area contributed by atoms with Gasteiger partial charge in [0.2, 0.25) is 5.91 Å². The Morgan fingerprint density at radius 1 is 1.00 bits per heavy atom. The van der Waals surface area contributed by atoms with Gasteiger partial charge < -0.3 is 30.6 Å². The number of nitrogen functional groups attached to an aromatic ring is 1. The van der Waals surface area contributed by atoms with Gasteiger partial charge >= 0.3 is 0 Å². The molecule has 2 aliphatic rings. The summed E-state index contributed by atoms with van der Waals surface area (Å²) >= 11 is 0. The number of nitrogens with zero attached hydrogens (tertiary/aromatic N) is 1. The molecule has 43 heavy (non-hydrogen) atoms. The van der Waals surface area contributed by atoms with Gasteiger partial charge in [-0.2, -0.15) is 0 Å². The molecule has 2 aliphatic heterocycles. The van der Waals surface area contributed by atoms with E-state index in [9.17, 15) is 19.5 Å². The summed E-state index contributed by atoms with van der Waals surface area (Å²) in [6, 6.07) is 22.4. The van der Waals surface area contributed by atoms with Crippen molar-refractivity contribution in [2.24, 2.45) is 5.92 Å². The van der Waals surface area contributed by atoms with Crippen LogP contribution in [0.3, 0.4) is 0 Å². The van der Waals surface area contributed by atoms with E-state index in [1.807, 2.05) is 55.6 Å². The van der Waals surface area contributed by atoms with Crippen molar-refractivity contribution < 1.29 is 24.2 Å². The highest BCUT2D eigenvalue weighted by molar-refractivity contribution is 6.71. The number of nitrogens with one attached hydrogen (secondary N) is 1. The van der Waals surface area contributed by atoms with Crippen LogP contribution in [0.4, 0.5) is 11.4 Å². The molecule has 0 aliphatic carbocycles. The van der Waals surface area contributed by atoms with Gasteiger partial charge in [-0.3, -0.25) is 9.59 Å². The summed E-state index contributed by atoms with van der Waals surface area (Å²) in [6.45, 7) is 6.39. The van der Waals surface area contributed by atoms with Crippen molar-refractivity contribution in [1.29, 1.82) is 0 Å². The number of hydrogen-bond donors (Lipinski definition) is 4. The maximum atomic E-state index is 13.6. The molecule has 5 atom stereocenters. The van der Waals surface area contributed by atoms with Crippen LogP contribution in [0, 0.1) is 5.92 Å². The third-order valence-corrected chi connectivity index (χ3v) is 11.6. The van der Waals surface area contributed by atoms with Crippen molar-refractivity contribution in [2.45, 2.75) is 76.0 Å². The molecule has 2 amide bonds. The smallest absolute Gasteiger partial charge is 0.255 e. The van der Waals surface area contributed by atoms with E-state index < -0.39 is 8.32 Å². The van der Waals surface area contributed by atoms with Gasteiger partial charge in [0, 0.05) is 29.0 Å². The quantitative estimate of drug-likeness (QED) is 0.207. The number of benzene rings is 3. The summed E-state index contributed by atoms with van der Waals surface area (Å²) in [5.41, 5.74) is 10.9. The highest BCUT2D eigenvalue weighted by atomic mass is 28.4. The maximum Gasteiger partial charge on any atom is 0.255 e. The summed E-state index contributed by atoms with van der Waals surface area (Å²) in [5.74, 6) is -0.118. The Hall–Kier alpha value is -3.50. The number of fused-ring (bicyclic) bond motifs is 1. The van der Waals surface area contributed by atoms with E-state index >= 15 is 0 Å². The van der Waals surface area contributed by atoms with Crippen molar-refractivity contribution in [3.63, 3.8) is 0 Å². The lowest BCUT2D eigenvalue weighted by Gasteiger charge is -2.37. The largest absolute Gasteiger partial charge is 0.432 e. The van der Waals surface area contributed by atoms with Gasteiger partial charge in [0.15, 0.2) is 8.32 Å².